The van der Waals surface area contributed by atoms with Crippen molar-refractivity contribution >= 4 is 17.6 Å². The van der Waals surface area contributed by atoms with E-state index in [2.05, 4.69) is 19.5 Å². The van der Waals surface area contributed by atoms with Gasteiger partial charge in [-0.05, 0) is 43.9 Å². The second kappa shape index (κ2) is 5.72. The van der Waals surface area contributed by atoms with Gasteiger partial charge in [-0.25, -0.2) is 9.73 Å². The van der Waals surface area contributed by atoms with E-state index in [1.807, 2.05) is 0 Å². The first kappa shape index (κ1) is 17.8. The molecule has 0 aromatic heterocycles. The maximum absolute atomic E-state index is 14.1. The standard InChI is InChI=1S/C16H17F4N5O2/c17-15(18)10-8-9(4-5-11(10)26-16(19,20)27-15)25-13(22)23-12(21)24-14(25)6-2-1-3-7-14/h4-5,8H,1-3,6-7H2,(H4,21,22,23,24). The molecule has 2 aliphatic heterocycles. The molecule has 3 aliphatic rings. The van der Waals surface area contributed by atoms with E-state index in [1.165, 1.54) is 11.0 Å². The number of aliphatic imine (C=N–C) groups is 2. The van der Waals surface area contributed by atoms with E-state index in [0.29, 0.717) is 12.8 Å². The van der Waals surface area contributed by atoms with Gasteiger partial charge >= 0.3 is 12.4 Å². The average Bonchev–Trinajstić information content (AvgIpc) is 2.53. The zero-order chi connectivity index (χ0) is 19.4. The van der Waals surface area contributed by atoms with Gasteiger partial charge in [0.25, 0.3) is 0 Å². The van der Waals surface area contributed by atoms with Gasteiger partial charge in [0.2, 0.25) is 11.9 Å². The Kier molecular flexibility index (Phi) is 3.78. The van der Waals surface area contributed by atoms with Crippen LogP contribution in [0.1, 0.15) is 37.7 Å². The number of anilines is 1. The van der Waals surface area contributed by atoms with Crippen molar-refractivity contribution in [2.24, 2.45) is 21.5 Å². The van der Waals surface area contributed by atoms with E-state index >= 15 is 0 Å². The molecular formula is C16H17F4N5O2. The summed E-state index contributed by atoms with van der Waals surface area (Å²) in [4.78, 5) is 9.89. The second-order valence-electron chi connectivity index (χ2n) is 6.68. The van der Waals surface area contributed by atoms with Gasteiger partial charge in [0.1, 0.15) is 11.4 Å². The van der Waals surface area contributed by atoms with Crippen LogP contribution in [0.3, 0.4) is 0 Å². The molecule has 1 fully saturated rings. The predicted molar refractivity (Wildman–Crippen MR) is 88.5 cm³/mol. The van der Waals surface area contributed by atoms with Crippen LogP contribution in [0.15, 0.2) is 28.2 Å². The summed E-state index contributed by atoms with van der Waals surface area (Å²) in [6.45, 7) is 0. The summed E-state index contributed by atoms with van der Waals surface area (Å²) in [5, 5.41) is 0. The van der Waals surface area contributed by atoms with Crippen LogP contribution in [-0.2, 0) is 10.8 Å². The molecule has 0 saturated heterocycles. The lowest BCUT2D eigenvalue weighted by Gasteiger charge is -2.46. The van der Waals surface area contributed by atoms with Gasteiger partial charge in [0.05, 0.1) is 5.56 Å². The van der Waals surface area contributed by atoms with Crippen LogP contribution in [-0.4, -0.2) is 23.9 Å². The number of fused-ring (bicyclic) bond motifs is 1. The number of guanidine groups is 2. The topological polar surface area (TPSA) is 98.5 Å². The summed E-state index contributed by atoms with van der Waals surface area (Å²) in [7, 11) is 0. The van der Waals surface area contributed by atoms with Crippen molar-refractivity contribution in [3.05, 3.63) is 23.8 Å². The van der Waals surface area contributed by atoms with Crippen molar-refractivity contribution in [2.45, 2.75) is 50.2 Å². The number of alkyl halides is 4. The van der Waals surface area contributed by atoms with Gasteiger partial charge in [0, 0.05) is 5.69 Å². The van der Waals surface area contributed by atoms with E-state index < -0.39 is 29.4 Å². The Hall–Kier alpha value is -2.56. The Labute approximate surface area is 151 Å². The minimum absolute atomic E-state index is 0.00403. The minimum atomic E-state index is -4.42. The van der Waals surface area contributed by atoms with Crippen molar-refractivity contribution in [3.8, 4) is 5.75 Å². The van der Waals surface area contributed by atoms with Gasteiger partial charge in [-0.2, -0.15) is 13.8 Å². The zero-order valence-corrected chi connectivity index (χ0v) is 14.1. The highest BCUT2D eigenvalue weighted by Crippen LogP contribution is 2.48. The molecule has 1 saturated carbocycles. The summed E-state index contributed by atoms with van der Waals surface area (Å²) < 4.78 is 62.4. The van der Waals surface area contributed by atoms with Gasteiger partial charge < -0.3 is 16.2 Å². The molecule has 7 nitrogen and oxygen atoms in total. The first-order chi connectivity index (χ1) is 12.6. The normalized spacial score (nSPS) is 25.3. The van der Waals surface area contributed by atoms with Crippen molar-refractivity contribution in [2.75, 3.05) is 4.90 Å². The molecule has 11 heteroatoms. The van der Waals surface area contributed by atoms with E-state index in [9.17, 15) is 17.6 Å². The third-order valence-electron chi connectivity index (χ3n) is 4.86. The van der Waals surface area contributed by atoms with Gasteiger partial charge in [-0.1, -0.05) is 6.42 Å². The quantitative estimate of drug-likeness (QED) is 0.722. The lowest BCUT2D eigenvalue weighted by atomic mass is 9.87. The molecule has 0 unspecified atom stereocenters. The molecule has 1 aromatic carbocycles. The fourth-order valence-corrected chi connectivity index (χ4v) is 3.82. The first-order valence-corrected chi connectivity index (χ1v) is 8.41. The number of nitrogens with two attached hydrogens (primary N) is 2. The van der Waals surface area contributed by atoms with Gasteiger partial charge in [0.15, 0.2) is 0 Å². The molecule has 4 N–H and O–H groups in total. The third kappa shape index (κ3) is 2.95. The molecule has 1 spiro atoms. The first-order valence-electron chi connectivity index (χ1n) is 8.41. The summed E-state index contributed by atoms with van der Waals surface area (Å²) in [5.74, 6) is -0.663. The van der Waals surface area contributed by atoms with Crippen LogP contribution >= 0.6 is 0 Å². The van der Waals surface area contributed by atoms with Crippen molar-refractivity contribution in [1.82, 2.24) is 0 Å². The van der Waals surface area contributed by atoms with Crippen LogP contribution in [0.25, 0.3) is 0 Å². The number of rotatable bonds is 1. The molecule has 0 bridgehead atoms. The second-order valence-corrected chi connectivity index (χ2v) is 6.68. The maximum Gasteiger partial charge on any atom is 0.540 e. The summed E-state index contributed by atoms with van der Waals surface area (Å²) in [6.07, 6.45) is -4.77. The van der Waals surface area contributed by atoms with Crippen LogP contribution in [0, 0.1) is 0 Å². The molecule has 4 rings (SSSR count). The fourth-order valence-electron chi connectivity index (χ4n) is 3.82. The molecule has 0 radical (unpaired) electrons. The SMILES string of the molecule is NC1=NC2(CCCCC2)N(c2ccc3c(c2)C(F)(F)OC(F)(F)O3)C(N)=N1. The Balaban J connectivity index is 1.80. The lowest BCUT2D eigenvalue weighted by molar-refractivity contribution is -0.461. The van der Waals surface area contributed by atoms with Crippen molar-refractivity contribution in [1.29, 1.82) is 0 Å². The minimum Gasteiger partial charge on any atom is -0.409 e. The molecule has 0 amide bonds. The number of benzene rings is 1. The number of hydrogen-bond donors (Lipinski definition) is 2. The van der Waals surface area contributed by atoms with Gasteiger partial charge in [-0.3, -0.25) is 4.90 Å². The molecule has 1 aromatic rings. The summed E-state index contributed by atoms with van der Waals surface area (Å²) in [5.41, 5.74) is 10.3. The van der Waals surface area contributed by atoms with E-state index in [1.54, 1.807) is 0 Å². The lowest BCUT2D eigenvalue weighted by Crippen LogP contribution is -2.58. The number of hydrogen-bond acceptors (Lipinski definition) is 7. The highest BCUT2D eigenvalue weighted by molar-refractivity contribution is 6.05. The Morgan fingerprint density at radius 1 is 1.04 bits per heavy atom. The molecular weight excluding hydrogens is 370 g/mol. The largest absolute Gasteiger partial charge is 0.540 e. The molecule has 27 heavy (non-hydrogen) atoms. The molecule has 0 atom stereocenters. The smallest absolute Gasteiger partial charge is 0.409 e. The Bertz CT molecular complexity index is 836. The zero-order valence-electron chi connectivity index (χ0n) is 14.1. The van der Waals surface area contributed by atoms with Crippen molar-refractivity contribution < 1.29 is 27.0 Å². The molecule has 146 valence electrons. The third-order valence-corrected chi connectivity index (χ3v) is 4.86. The van der Waals surface area contributed by atoms with E-state index in [4.69, 9.17) is 11.5 Å². The fraction of sp³-hybridized carbons (Fsp3) is 0.500. The highest BCUT2D eigenvalue weighted by Gasteiger charge is 2.55. The van der Waals surface area contributed by atoms with Crippen molar-refractivity contribution in [3.63, 3.8) is 0 Å². The number of halogens is 4. The summed E-state index contributed by atoms with van der Waals surface area (Å²) in [6, 6.07) is 3.38. The van der Waals surface area contributed by atoms with Crippen LogP contribution < -0.4 is 21.1 Å². The molecule has 2 heterocycles. The van der Waals surface area contributed by atoms with E-state index in [0.717, 1.165) is 31.4 Å². The van der Waals surface area contributed by atoms with Crippen LogP contribution in [0.4, 0.5) is 23.2 Å². The van der Waals surface area contributed by atoms with Crippen LogP contribution in [0.2, 0.25) is 0 Å². The predicted octanol–water partition coefficient (Wildman–Crippen LogP) is 2.80. The maximum atomic E-state index is 14.1. The Morgan fingerprint density at radius 3 is 2.44 bits per heavy atom. The highest BCUT2D eigenvalue weighted by atomic mass is 19.3. The number of ether oxygens (including phenoxy) is 2. The molecule has 1 aliphatic carbocycles. The monoisotopic (exact) mass is 387 g/mol. The van der Waals surface area contributed by atoms with Crippen LogP contribution in [0.5, 0.6) is 5.75 Å². The Morgan fingerprint density at radius 2 is 1.74 bits per heavy atom. The number of nitrogens with zero attached hydrogens (tertiary/aromatic N) is 3. The van der Waals surface area contributed by atoms with E-state index in [-0.39, 0.29) is 17.6 Å². The summed E-state index contributed by atoms with van der Waals surface area (Å²) >= 11 is 0. The average molecular weight is 387 g/mol. The van der Waals surface area contributed by atoms with Gasteiger partial charge in [-0.15, -0.1) is 8.78 Å².